The van der Waals surface area contributed by atoms with E-state index in [2.05, 4.69) is 15.0 Å². The molecular formula is C14H13N5OS. The van der Waals surface area contributed by atoms with Gasteiger partial charge in [-0.1, -0.05) is 12.1 Å². The Hall–Kier alpha value is -2.54. The average Bonchev–Trinajstić information content (AvgIpc) is 2.87. The van der Waals surface area contributed by atoms with Gasteiger partial charge in [-0.2, -0.15) is 0 Å². The summed E-state index contributed by atoms with van der Waals surface area (Å²) in [6.07, 6.45) is 5.23. The molecule has 3 N–H and O–H groups in total. The van der Waals surface area contributed by atoms with Gasteiger partial charge in [0.2, 0.25) is 5.95 Å². The average molecular weight is 299 g/mol. The number of hydrogen-bond donors (Lipinski definition) is 2. The first kappa shape index (κ1) is 13.4. The summed E-state index contributed by atoms with van der Waals surface area (Å²) in [5.74, 6) is 0.315. The van der Waals surface area contributed by atoms with Crippen LogP contribution in [0.5, 0.6) is 5.75 Å². The molecule has 0 bridgehead atoms. The zero-order valence-corrected chi connectivity index (χ0v) is 12.1. The van der Waals surface area contributed by atoms with Gasteiger partial charge in [0.25, 0.3) is 0 Å². The quantitative estimate of drug-likeness (QED) is 0.771. The number of nitrogen functional groups attached to an aromatic ring is 1. The summed E-state index contributed by atoms with van der Waals surface area (Å²) >= 11 is 1.42. The predicted molar refractivity (Wildman–Crippen MR) is 80.9 cm³/mol. The highest BCUT2D eigenvalue weighted by Gasteiger charge is 2.14. The van der Waals surface area contributed by atoms with E-state index >= 15 is 0 Å². The zero-order valence-electron chi connectivity index (χ0n) is 11.3. The fraction of sp³-hybridized carbons (Fsp3) is 0.0714. The number of phenolic OH excluding ortho intramolecular Hbond substituents is 1. The molecule has 0 spiro atoms. The minimum atomic E-state index is 0.150. The van der Waals surface area contributed by atoms with Crippen LogP contribution in [-0.2, 0) is 7.05 Å². The first-order valence-corrected chi connectivity index (χ1v) is 7.03. The van der Waals surface area contributed by atoms with Crippen molar-refractivity contribution in [2.24, 2.45) is 7.05 Å². The van der Waals surface area contributed by atoms with Crippen LogP contribution in [0.2, 0.25) is 0 Å². The molecule has 2 heterocycles. The Morgan fingerprint density at radius 3 is 2.76 bits per heavy atom. The Balaban J connectivity index is 2.10. The maximum atomic E-state index is 10.0. The van der Waals surface area contributed by atoms with Crippen LogP contribution in [0.1, 0.15) is 0 Å². The van der Waals surface area contributed by atoms with Crippen LogP contribution >= 0.6 is 11.8 Å². The second kappa shape index (κ2) is 5.45. The molecule has 0 aliphatic rings. The Labute approximate surface area is 125 Å². The molecule has 6 nitrogen and oxygen atoms in total. The van der Waals surface area contributed by atoms with Gasteiger partial charge in [-0.25, -0.2) is 15.0 Å². The highest BCUT2D eigenvalue weighted by molar-refractivity contribution is 7.99. The summed E-state index contributed by atoms with van der Waals surface area (Å²) in [6, 6.07) is 7.00. The summed E-state index contributed by atoms with van der Waals surface area (Å²) in [7, 11) is 1.91. The molecule has 21 heavy (non-hydrogen) atoms. The van der Waals surface area contributed by atoms with Crippen molar-refractivity contribution >= 4 is 17.7 Å². The normalized spacial score (nSPS) is 10.7. The molecule has 0 fully saturated rings. The highest BCUT2D eigenvalue weighted by Crippen LogP contribution is 2.37. The lowest BCUT2D eigenvalue weighted by atomic mass is 10.1. The number of aromatic nitrogens is 4. The number of rotatable bonds is 3. The third-order valence-electron chi connectivity index (χ3n) is 2.91. The van der Waals surface area contributed by atoms with Gasteiger partial charge in [0.1, 0.15) is 5.75 Å². The monoisotopic (exact) mass is 299 g/mol. The van der Waals surface area contributed by atoms with Gasteiger partial charge in [0, 0.05) is 31.2 Å². The van der Waals surface area contributed by atoms with Crippen molar-refractivity contribution in [2.75, 3.05) is 5.73 Å². The lowest BCUT2D eigenvalue weighted by Gasteiger charge is -2.09. The molecule has 7 heteroatoms. The van der Waals surface area contributed by atoms with Crippen molar-refractivity contribution in [3.05, 3.63) is 42.9 Å². The Bertz CT molecular complexity index is 787. The molecule has 0 amide bonds. The van der Waals surface area contributed by atoms with Crippen molar-refractivity contribution in [2.45, 2.75) is 10.1 Å². The second-order valence-corrected chi connectivity index (χ2v) is 5.39. The van der Waals surface area contributed by atoms with E-state index in [1.54, 1.807) is 30.6 Å². The number of aryl methyl sites for hydroxylation is 1. The highest BCUT2D eigenvalue weighted by atomic mass is 32.2. The minimum absolute atomic E-state index is 0.150. The van der Waals surface area contributed by atoms with Crippen LogP contribution in [0.15, 0.2) is 52.9 Å². The van der Waals surface area contributed by atoms with Crippen LogP contribution in [0.3, 0.4) is 0 Å². The Kier molecular flexibility index (Phi) is 3.49. The van der Waals surface area contributed by atoms with Crippen LogP contribution in [0.25, 0.3) is 11.3 Å². The number of hydrogen-bond acceptors (Lipinski definition) is 6. The van der Waals surface area contributed by atoms with E-state index in [9.17, 15) is 5.11 Å². The van der Waals surface area contributed by atoms with Crippen LogP contribution in [0, 0.1) is 0 Å². The standard InChI is InChI=1S/C14H13N5OS/c1-19-7-6-16-14(19)21-11-8-17-13(15)18-12(11)9-4-2-3-5-10(9)20/h2-8,20H,1H3,(H2,15,17,18). The van der Waals surface area contributed by atoms with E-state index < -0.39 is 0 Å². The van der Waals surface area contributed by atoms with Crippen molar-refractivity contribution in [3.8, 4) is 17.0 Å². The fourth-order valence-corrected chi connectivity index (χ4v) is 2.75. The predicted octanol–water partition coefficient (Wildman–Crippen LogP) is 2.32. The largest absolute Gasteiger partial charge is 0.507 e. The van der Waals surface area contributed by atoms with E-state index in [0.29, 0.717) is 11.3 Å². The van der Waals surface area contributed by atoms with E-state index in [0.717, 1.165) is 10.1 Å². The zero-order chi connectivity index (χ0) is 14.8. The summed E-state index contributed by atoms with van der Waals surface area (Å²) in [6.45, 7) is 0. The molecule has 0 atom stereocenters. The molecule has 0 saturated carbocycles. The van der Waals surface area contributed by atoms with E-state index in [4.69, 9.17) is 5.73 Å². The fourth-order valence-electron chi connectivity index (χ4n) is 1.87. The molecular weight excluding hydrogens is 286 g/mol. The SMILES string of the molecule is Cn1ccnc1Sc1cnc(N)nc1-c1ccccc1O. The topological polar surface area (TPSA) is 89.9 Å². The van der Waals surface area contributed by atoms with E-state index in [1.807, 2.05) is 23.9 Å². The number of imidazole rings is 1. The van der Waals surface area contributed by atoms with E-state index in [-0.39, 0.29) is 11.7 Å². The van der Waals surface area contributed by atoms with Gasteiger partial charge in [0.15, 0.2) is 5.16 Å². The summed E-state index contributed by atoms with van der Waals surface area (Å²) in [5.41, 5.74) is 6.89. The molecule has 106 valence electrons. The molecule has 3 aromatic rings. The van der Waals surface area contributed by atoms with Gasteiger partial charge in [-0.3, -0.25) is 0 Å². The number of anilines is 1. The smallest absolute Gasteiger partial charge is 0.220 e. The number of phenols is 1. The number of benzene rings is 1. The van der Waals surface area contributed by atoms with Crippen LogP contribution in [-0.4, -0.2) is 24.6 Å². The number of nitrogens with two attached hydrogens (primary N) is 1. The van der Waals surface area contributed by atoms with Gasteiger partial charge in [0.05, 0.1) is 10.6 Å². The Morgan fingerprint density at radius 1 is 1.24 bits per heavy atom. The maximum absolute atomic E-state index is 10.0. The minimum Gasteiger partial charge on any atom is -0.507 e. The first-order chi connectivity index (χ1) is 10.1. The van der Waals surface area contributed by atoms with Crippen LogP contribution in [0.4, 0.5) is 5.95 Å². The van der Waals surface area contributed by atoms with Gasteiger partial charge in [-0.05, 0) is 23.9 Å². The Morgan fingerprint density at radius 2 is 2.05 bits per heavy atom. The first-order valence-electron chi connectivity index (χ1n) is 6.21. The van der Waals surface area contributed by atoms with Crippen molar-refractivity contribution in [1.82, 2.24) is 19.5 Å². The number of aromatic hydroxyl groups is 1. The molecule has 0 unspecified atom stereocenters. The summed E-state index contributed by atoms with van der Waals surface area (Å²) < 4.78 is 1.90. The molecule has 0 aliphatic carbocycles. The second-order valence-electron chi connectivity index (χ2n) is 4.38. The summed E-state index contributed by atoms with van der Waals surface area (Å²) in [5, 5.41) is 10.8. The van der Waals surface area contributed by atoms with Crippen LogP contribution < -0.4 is 5.73 Å². The molecule has 0 saturated heterocycles. The molecule has 0 radical (unpaired) electrons. The van der Waals surface area contributed by atoms with Crippen molar-refractivity contribution in [1.29, 1.82) is 0 Å². The molecule has 1 aromatic carbocycles. The van der Waals surface area contributed by atoms with Crippen molar-refractivity contribution < 1.29 is 5.11 Å². The summed E-state index contributed by atoms with van der Waals surface area (Å²) in [4.78, 5) is 13.3. The lowest BCUT2D eigenvalue weighted by molar-refractivity contribution is 0.477. The lowest BCUT2D eigenvalue weighted by Crippen LogP contribution is -1.99. The van der Waals surface area contributed by atoms with E-state index in [1.165, 1.54) is 11.8 Å². The van der Waals surface area contributed by atoms with Gasteiger partial charge in [-0.15, -0.1) is 0 Å². The third-order valence-corrected chi connectivity index (χ3v) is 4.01. The number of nitrogens with zero attached hydrogens (tertiary/aromatic N) is 4. The third kappa shape index (κ3) is 2.68. The number of para-hydroxylation sites is 1. The maximum Gasteiger partial charge on any atom is 0.220 e. The van der Waals surface area contributed by atoms with Crippen molar-refractivity contribution in [3.63, 3.8) is 0 Å². The van der Waals surface area contributed by atoms with Gasteiger partial charge < -0.3 is 15.4 Å². The molecule has 3 rings (SSSR count). The van der Waals surface area contributed by atoms with Gasteiger partial charge >= 0.3 is 0 Å². The molecule has 0 aliphatic heterocycles. The molecule has 2 aromatic heterocycles.